The summed E-state index contributed by atoms with van der Waals surface area (Å²) in [5, 5.41) is 31.7. The molecular weight excluding hydrogens is 310 g/mol. The van der Waals surface area contributed by atoms with Crippen LogP contribution in [-0.2, 0) is 4.79 Å². The molecule has 7 heteroatoms. The van der Waals surface area contributed by atoms with Crippen molar-refractivity contribution in [3.8, 4) is 0 Å². The number of nitrogens with two attached hydrogens (primary N) is 1. The number of carboxylic acids is 1. The second-order valence-electron chi connectivity index (χ2n) is 6.79. The van der Waals surface area contributed by atoms with Gasteiger partial charge in [0, 0.05) is 17.6 Å². The van der Waals surface area contributed by atoms with Crippen LogP contribution in [0.5, 0.6) is 0 Å². The number of benzene rings is 1. The number of aliphatic carboxylic acids is 1. The number of aliphatic hydroxyl groups is 1. The van der Waals surface area contributed by atoms with Crippen molar-refractivity contribution in [3.63, 3.8) is 0 Å². The SMILES string of the molecule is CC(C)(C(O)c1ccc(/C(N)=N/O)cc1)N1CCCC(C(=O)O)C1. The number of piperidine rings is 1. The van der Waals surface area contributed by atoms with Gasteiger partial charge in [0.25, 0.3) is 0 Å². The lowest BCUT2D eigenvalue weighted by Crippen LogP contribution is -2.53. The summed E-state index contributed by atoms with van der Waals surface area (Å²) in [5.74, 6) is -1.17. The maximum Gasteiger partial charge on any atom is 0.307 e. The summed E-state index contributed by atoms with van der Waals surface area (Å²) in [6.07, 6.45) is 0.688. The first kappa shape index (κ1) is 18.2. The van der Waals surface area contributed by atoms with E-state index in [9.17, 15) is 15.0 Å². The Hall–Kier alpha value is -2.12. The number of carboxylic acid groups (broad SMARTS) is 1. The van der Waals surface area contributed by atoms with Gasteiger partial charge >= 0.3 is 5.97 Å². The third kappa shape index (κ3) is 3.68. The number of hydrogen-bond donors (Lipinski definition) is 4. The molecule has 1 aliphatic heterocycles. The summed E-state index contributed by atoms with van der Waals surface area (Å²) in [6, 6.07) is 6.83. The summed E-state index contributed by atoms with van der Waals surface area (Å²) in [7, 11) is 0. The van der Waals surface area contributed by atoms with Crippen LogP contribution in [0, 0.1) is 5.92 Å². The molecule has 0 radical (unpaired) electrons. The molecule has 1 saturated heterocycles. The van der Waals surface area contributed by atoms with Crippen LogP contribution in [0.2, 0.25) is 0 Å². The van der Waals surface area contributed by atoms with Crippen molar-refractivity contribution in [2.45, 2.75) is 38.3 Å². The van der Waals surface area contributed by atoms with Crippen LogP contribution in [-0.4, -0.2) is 50.8 Å². The Bertz CT molecular complexity index is 613. The number of carbonyl (C=O) groups is 1. The minimum absolute atomic E-state index is 0.00984. The molecule has 1 aromatic carbocycles. The van der Waals surface area contributed by atoms with Gasteiger partial charge in [0.05, 0.1) is 12.0 Å². The van der Waals surface area contributed by atoms with E-state index in [2.05, 4.69) is 5.16 Å². The van der Waals surface area contributed by atoms with E-state index in [0.29, 0.717) is 24.1 Å². The largest absolute Gasteiger partial charge is 0.481 e. The zero-order valence-corrected chi connectivity index (χ0v) is 14.0. The van der Waals surface area contributed by atoms with E-state index >= 15 is 0 Å². The minimum Gasteiger partial charge on any atom is -0.481 e. The Morgan fingerprint density at radius 2 is 2.00 bits per heavy atom. The summed E-state index contributed by atoms with van der Waals surface area (Å²) in [6.45, 7) is 5.02. The average molecular weight is 335 g/mol. The van der Waals surface area contributed by atoms with Crippen LogP contribution >= 0.6 is 0 Å². The van der Waals surface area contributed by atoms with E-state index in [-0.39, 0.29) is 5.84 Å². The summed E-state index contributed by atoms with van der Waals surface area (Å²) in [4.78, 5) is 13.3. The molecule has 0 aromatic heterocycles. The Kier molecular flexibility index (Phi) is 5.46. The van der Waals surface area contributed by atoms with Gasteiger partial charge in [-0.25, -0.2) is 0 Å². The van der Waals surface area contributed by atoms with Crippen molar-refractivity contribution in [1.82, 2.24) is 4.90 Å². The van der Waals surface area contributed by atoms with Crippen molar-refractivity contribution in [2.24, 2.45) is 16.8 Å². The van der Waals surface area contributed by atoms with Crippen LogP contribution < -0.4 is 5.73 Å². The Morgan fingerprint density at radius 1 is 1.38 bits per heavy atom. The number of likely N-dealkylation sites (tertiary alicyclic amines) is 1. The van der Waals surface area contributed by atoms with Crippen LogP contribution in [0.3, 0.4) is 0 Å². The molecular formula is C17H25N3O4. The molecule has 2 unspecified atom stereocenters. The van der Waals surface area contributed by atoms with Crippen LogP contribution in [0.15, 0.2) is 29.4 Å². The van der Waals surface area contributed by atoms with Gasteiger partial charge in [-0.15, -0.1) is 0 Å². The number of oxime groups is 1. The smallest absolute Gasteiger partial charge is 0.307 e. The number of rotatable bonds is 5. The van der Waals surface area contributed by atoms with Crippen molar-refractivity contribution in [3.05, 3.63) is 35.4 Å². The number of nitrogens with zero attached hydrogens (tertiary/aromatic N) is 2. The predicted molar refractivity (Wildman–Crippen MR) is 89.9 cm³/mol. The number of hydrogen-bond acceptors (Lipinski definition) is 5. The molecule has 2 atom stereocenters. The molecule has 2 rings (SSSR count). The highest BCUT2D eigenvalue weighted by Gasteiger charge is 2.39. The van der Waals surface area contributed by atoms with E-state index in [4.69, 9.17) is 10.9 Å². The standard InChI is InChI=1S/C17H25N3O4/c1-17(2,20-9-3-4-13(10-20)16(22)23)14(21)11-5-7-12(8-6-11)15(18)19-24/h5-8,13-14,21,24H,3-4,9-10H2,1-2H3,(H2,18,19)(H,22,23). The third-order valence-electron chi connectivity index (χ3n) is 4.88. The second-order valence-corrected chi connectivity index (χ2v) is 6.79. The first-order valence-electron chi connectivity index (χ1n) is 8.01. The topological polar surface area (TPSA) is 119 Å². The minimum atomic E-state index is -0.786. The highest BCUT2D eigenvalue weighted by Crippen LogP contribution is 2.34. The fourth-order valence-corrected chi connectivity index (χ4v) is 3.18. The van der Waals surface area contributed by atoms with Gasteiger partial charge < -0.3 is 21.2 Å². The quantitative estimate of drug-likeness (QED) is 0.279. The highest BCUT2D eigenvalue weighted by molar-refractivity contribution is 5.96. The molecule has 5 N–H and O–H groups in total. The Morgan fingerprint density at radius 3 is 2.54 bits per heavy atom. The molecule has 0 bridgehead atoms. The predicted octanol–water partition coefficient (Wildman–Crippen LogP) is 1.39. The maximum atomic E-state index is 11.3. The van der Waals surface area contributed by atoms with Gasteiger partial charge in [0.1, 0.15) is 0 Å². The van der Waals surface area contributed by atoms with E-state index in [1.807, 2.05) is 18.7 Å². The third-order valence-corrected chi connectivity index (χ3v) is 4.88. The first-order valence-corrected chi connectivity index (χ1v) is 8.01. The van der Waals surface area contributed by atoms with Crippen molar-refractivity contribution < 1.29 is 20.2 Å². The van der Waals surface area contributed by atoms with Crippen LogP contribution in [0.1, 0.15) is 43.9 Å². The first-order chi connectivity index (χ1) is 11.3. The fourth-order valence-electron chi connectivity index (χ4n) is 3.18. The molecule has 1 heterocycles. The summed E-state index contributed by atoms with van der Waals surface area (Å²) < 4.78 is 0. The van der Waals surface area contributed by atoms with Gasteiger partial charge in [-0.05, 0) is 38.8 Å². The van der Waals surface area contributed by atoms with Crippen molar-refractivity contribution >= 4 is 11.8 Å². The molecule has 0 saturated carbocycles. The number of amidine groups is 1. The monoisotopic (exact) mass is 335 g/mol. The molecule has 1 aromatic rings. The molecule has 7 nitrogen and oxygen atoms in total. The molecule has 0 aliphatic carbocycles. The molecule has 132 valence electrons. The maximum absolute atomic E-state index is 11.3. The van der Waals surface area contributed by atoms with E-state index in [1.54, 1.807) is 24.3 Å². The van der Waals surface area contributed by atoms with Gasteiger partial charge in [-0.2, -0.15) is 0 Å². The molecule has 1 aliphatic rings. The molecule has 0 amide bonds. The molecule has 0 spiro atoms. The van der Waals surface area contributed by atoms with E-state index < -0.39 is 23.5 Å². The van der Waals surface area contributed by atoms with Gasteiger partial charge in [-0.1, -0.05) is 29.4 Å². The van der Waals surface area contributed by atoms with E-state index in [1.165, 1.54) is 0 Å². The summed E-state index contributed by atoms with van der Waals surface area (Å²) in [5.41, 5.74) is 6.20. The lowest BCUT2D eigenvalue weighted by Gasteiger charge is -2.45. The van der Waals surface area contributed by atoms with Crippen molar-refractivity contribution in [2.75, 3.05) is 13.1 Å². The molecule has 1 fully saturated rings. The lowest BCUT2D eigenvalue weighted by atomic mass is 9.85. The van der Waals surface area contributed by atoms with Crippen molar-refractivity contribution in [1.29, 1.82) is 0 Å². The molecule has 24 heavy (non-hydrogen) atoms. The fraction of sp³-hybridized carbons (Fsp3) is 0.529. The van der Waals surface area contributed by atoms with Gasteiger partial charge in [0.2, 0.25) is 0 Å². The normalized spacial score (nSPS) is 21.5. The second kappa shape index (κ2) is 7.19. The Balaban J connectivity index is 2.17. The highest BCUT2D eigenvalue weighted by atomic mass is 16.4. The summed E-state index contributed by atoms with van der Waals surface area (Å²) >= 11 is 0. The zero-order chi connectivity index (χ0) is 17.9. The van der Waals surface area contributed by atoms with Gasteiger partial charge in [-0.3, -0.25) is 9.69 Å². The van der Waals surface area contributed by atoms with Crippen LogP contribution in [0.25, 0.3) is 0 Å². The zero-order valence-electron chi connectivity index (χ0n) is 14.0. The number of aliphatic hydroxyl groups excluding tert-OH is 1. The average Bonchev–Trinajstić information content (AvgIpc) is 2.60. The van der Waals surface area contributed by atoms with Gasteiger partial charge in [0.15, 0.2) is 5.84 Å². The Labute approximate surface area is 141 Å². The van der Waals surface area contributed by atoms with Crippen LogP contribution in [0.4, 0.5) is 0 Å². The van der Waals surface area contributed by atoms with E-state index in [0.717, 1.165) is 13.0 Å². The lowest BCUT2D eigenvalue weighted by molar-refractivity contribution is -0.145.